The normalized spacial score (nSPS) is 11.9. The van der Waals surface area contributed by atoms with Crippen molar-refractivity contribution >= 4 is 64.6 Å². The fourth-order valence-corrected chi connectivity index (χ4v) is 6.11. The summed E-state index contributed by atoms with van der Waals surface area (Å²) in [4.78, 5) is 0. The van der Waals surface area contributed by atoms with Crippen molar-refractivity contribution < 1.29 is 0 Å². The Morgan fingerprint density at radius 1 is 0.250 bits per heavy atom. The van der Waals surface area contributed by atoms with Crippen LogP contribution in [-0.2, 0) is 0 Å². The summed E-state index contributed by atoms with van der Waals surface area (Å²) in [5, 5.41) is 15.6. The molecule has 0 N–H and O–H groups in total. The highest BCUT2D eigenvalue weighted by molar-refractivity contribution is 6.32. The molecule has 0 saturated carbocycles. The van der Waals surface area contributed by atoms with E-state index in [1.165, 1.54) is 75.8 Å². The van der Waals surface area contributed by atoms with Crippen LogP contribution in [0.4, 0.5) is 0 Å². The van der Waals surface area contributed by atoms with Crippen molar-refractivity contribution in [2.45, 2.75) is 0 Å². The van der Waals surface area contributed by atoms with Gasteiger partial charge in [-0.3, -0.25) is 0 Å². The van der Waals surface area contributed by atoms with Gasteiger partial charge in [0, 0.05) is 0 Å². The molecule has 0 amide bonds. The second-order valence-corrected chi connectivity index (χ2v) is 9.74. The van der Waals surface area contributed by atoms with Gasteiger partial charge in [0.2, 0.25) is 0 Å². The van der Waals surface area contributed by atoms with E-state index >= 15 is 0 Å². The topological polar surface area (TPSA) is 0 Å². The summed E-state index contributed by atoms with van der Waals surface area (Å²) in [6.07, 6.45) is 0. The molecule has 0 fully saturated rings. The van der Waals surface area contributed by atoms with Crippen molar-refractivity contribution in [3.05, 3.63) is 133 Å². The van der Waals surface area contributed by atoms with E-state index in [2.05, 4.69) is 133 Å². The monoisotopic (exact) mass is 454 g/mol. The van der Waals surface area contributed by atoms with E-state index in [9.17, 15) is 0 Å². The lowest BCUT2D eigenvalue weighted by molar-refractivity contribution is 1.69. The predicted molar refractivity (Wildman–Crippen MR) is 157 cm³/mol. The third kappa shape index (κ3) is 2.76. The molecule has 0 aliphatic rings. The maximum atomic E-state index is 2.40. The number of benzene rings is 7. The molecule has 8 aromatic rings. The number of hydrogen-bond donors (Lipinski definition) is 0. The predicted octanol–water partition coefficient (Wildman–Crippen LogP) is 10.3. The van der Waals surface area contributed by atoms with Crippen LogP contribution in [0, 0.1) is 0 Å². The first-order valence-corrected chi connectivity index (χ1v) is 12.5. The molecule has 0 spiro atoms. The molecule has 0 unspecified atom stereocenters. The van der Waals surface area contributed by atoms with E-state index in [0.29, 0.717) is 0 Å². The molecule has 0 atom stereocenters. The summed E-state index contributed by atoms with van der Waals surface area (Å²) in [6.45, 7) is 0. The van der Waals surface area contributed by atoms with Crippen molar-refractivity contribution in [2.75, 3.05) is 0 Å². The Morgan fingerprint density at radius 2 is 0.722 bits per heavy atom. The van der Waals surface area contributed by atoms with E-state index < -0.39 is 0 Å². The maximum Gasteiger partial charge on any atom is -0.00203 e. The minimum atomic E-state index is 1.25. The summed E-state index contributed by atoms with van der Waals surface area (Å²) in [5.74, 6) is 0. The standard InChI is InChI=1S/C36H22/c1-2-8-26-21-27(18-15-23(26)7-1)28-19-20-31-29-11-3-4-12-30(29)32-13-5-9-24-16-17-25-10-6-14-33(34(31)22-28)36(25)35(24)32/h1-22H. The fourth-order valence-electron chi connectivity index (χ4n) is 6.11. The molecule has 0 saturated heterocycles. The first-order chi connectivity index (χ1) is 17.8. The number of hydrogen-bond acceptors (Lipinski definition) is 0. The lowest BCUT2D eigenvalue weighted by Gasteiger charge is -2.14. The molecule has 0 bridgehead atoms. The van der Waals surface area contributed by atoms with Gasteiger partial charge in [-0.25, -0.2) is 0 Å². The van der Waals surface area contributed by atoms with Gasteiger partial charge in [0.15, 0.2) is 0 Å². The van der Waals surface area contributed by atoms with Crippen LogP contribution in [0.5, 0.6) is 0 Å². The second-order valence-electron chi connectivity index (χ2n) is 9.74. The van der Waals surface area contributed by atoms with Crippen molar-refractivity contribution in [1.82, 2.24) is 0 Å². The van der Waals surface area contributed by atoms with Crippen molar-refractivity contribution in [3.63, 3.8) is 0 Å². The smallest absolute Gasteiger partial charge is 0.00203 e. The van der Waals surface area contributed by atoms with Crippen molar-refractivity contribution in [3.8, 4) is 11.1 Å². The quantitative estimate of drug-likeness (QED) is 0.216. The van der Waals surface area contributed by atoms with Crippen LogP contribution in [0.3, 0.4) is 0 Å². The summed E-state index contributed by atoms with van der Waals surface area (Å²) in [7, 11) is 0. The Morgan fingerprint density at radius 3 is 1.47 bits per heavy atom. The van der Waals surface area contributed by atoms with Gasteiger partial charge in [-0.2, -0.15) is 0 Å². The van der Waals surface area contributed by atoms with Gasteiger partial charge in [0.25, 0.3) is 0 Å². The molecular formula is C36H22. The summed E-state index contributed by atoms with van der Waals surface area (Å²) < 4.78 is 0. The summed E-state index contributed by atoms with van der Waals surface area (Å²) >= 11 is 0. The zero-order chi connectivity index (χ0) is 23.6. The highest BCUT2D eigenvalue weighted by Gasteiger charge is 2.13. The van der Waals surface area contributed by atoms with Gasteiger partial charge in [-0.05, 0) is 87.9 Å². The molecule has 0 aliphatic carbocycles. The molecule has 8 aromatic carbocycles. The Labute approximate surface area is 209 Å². The Balaban J connectivity index is 1.61. The summed E-state index contributed by atoms with van der Waals surface area (Å²) in [6, 6.07) is 49.3. The minimum Gasteiger partial charge on any atom is -0.0616 e. The van der Waals surface area contributed by atoms with Crippen LogP contribution in [0.2, 0.25) is 0 Å². The van der Waals surface area contributed by atoms with Gasteiger partial charge >= 0.3 is 0 Å². The van der Waals surface area contributed by atoms with Gasteiger partial charge < -0.3 is 0 Å². The molecule has 0 aromatic heterocycles. The molecule has 0 heterocycles. The highest BCUT2D eigenvalue weighted by Crippen LogP contribution is 2.41. The lowest BCUT2D eigenvalue weighted by atomic mass is 9.89. The molecule has 0 nitrogen and oxygen atoms in total. The van der Waals surface area contributed by atoms with Crippen LogP contribution in [0.15, 0.2) is 133 Å². The first-order valence-electron chi connectivity index (χ1n) is 12.5. The van der Waals surface area contributed by atoms with Gasteiger partial charge in [0.1, 0.15) is 0 Å². The Kier molecular flexibility index (Phi) is 4.03. The van der Waals surface area contributed by atoms with Gasteiger partial charge in [-0.1, -0.05) is 121 Å². The lowest BCUT2D eigenvalue weighted by Crippen LogP contribution is -1.87. The molecule has 36 heavy (non-hydrogen) atoms. The SMILES string of the molecule is c1ccc2cc(-c3ccc4c5ccccc5c5cccc6ccc7cccc(c4c3)c7c65)ccc2c1. The average Bonchev–Trinajstić information content (AvgIpc) is 2.95. The Hall–Kier alpha value is -4.68. The van der Waals surface area contributed by atoms with Gasteiger partial charge in [0.05, 0.1) is 0 Å². The van der Waals surface area contributed by atoms with E-state index in [4.69, 9.17) is 0 Å². The molecule has 166 valence electrons. The van der Waals surface area contributed by atoms with Gasteiger partial charge in [-0.15, -0.1) is 0 Å². The largest absolute Gasteiger partial charge is 0.0616 e. The van der Waals surface area contributed by atoms with E-state index in [1.54, 1.807) is 0 Å². The molecule has 8 rings (SSSR count). The first kappa shape index (κ1) is 19.6. The number of fused-ring (bicyclic) bond motifs is 6. The van der Waals surface area contributed by atoms with Crippen molar-refractivity contribution in [2.24, 2.45) is 0 Å². The number of rotatable bonds is 1. The highest BCUT2D eigenvalue weighted by atomic mass is 14.2. The zero-order valence-electron chi connectivity index (χ0n) is 19.7. The van der Waals surface area contributed by atoms with E-state index in [1.807, 2.05) is 0 Å². The van der Waals surface area contributed by atoms with Crippen LogP contribution in [-0.4, -0.2) is 0 Å². The maximum absolute atomic E-state index is 2.40. The van der Waals surface area contributed by atoms with E-state index in [0.717, 1.165) is 0 Å². The molecule has 0 heteroatoms. The second kappa shape index (κ2) is 7.41. The zero-order valence-corrected chi connectivity index (χ0v) is 19.7. The van der Waals surface area contributed by atoms with E-state index in [-0.39, 0.29) is 0 Å². The van der Waals surface area contributed by atoms with Crippen LogP contribution in [0.25, 0.3) is 75.8 Å². The van der Waals surface area contributed by atoms with Crippen LogP contribution in [0.1, 0.15) is 0 Å². The molecule has 0 aliphatic heterocycles. The Bertz CT molecular complexity index is 2150. The minimum absolute atomic E-state index is 1.25. The van der Waals surface area contributed by atoms with Crippen LogP contribution >= 0.6 is 0 Å². The van der Waals surface area contributed by atoms with Crippen LogP contribution < -0.4 is 0 Å². The average molecular weight is 455 g/mol. The van der Waals surface area contributed by atoms with Crippen molar-refractivity contribution in [1.29, 1.82) is 0 Å². The summed E-state index contributed by atoms with van der Waals surface area (Å²) in [5.41, 5.74) is 2.49. The molecule has 0 radical (unpaired) electrons. The third-order valence-electron chi connectivity index (χ3n) is 7.79. The fraction of sp³-hybridized carbons (Fsp3) is 0. The molecular weight excluding hydrogens is 432 g/mol. The third-order valence-corrected chi connectivity index (χ3v) is 7.79.